The van der Waals surface area contributed by atoms with Crippen LogP contribution in [0, 0.1) is 0 Å². The summed E-state index contributed by atoms with van der Waals surface area (Å²) in [6.07, 6.45) is 2.56. The van der Waals surface area contributed by atoms with Gasteiger partial charge in [0.2, 0.25) is 0 Å². The molecule has 4 nitrogen and oxygen atoms in total. The van der Waals surface area contributed by atoms with Gasteiger partial charge in [-0.15, -0.1) is 0 Å². The summed E-state index contributed by atoms with van der Waals surface area (Å²) >= 11 is 5.97. The Bertz CT molecular complexity index is 354. The van der Waals surface area contributed by atoms with Crippen molar-refractivity contribution >= 4 is 17.4 Å². The van der Waals surface area contributed by atoms with E-state index in [-0.39, 0.29) is 6.04 Å². The first-order valence-corrected chi connectivity index (χ1v) is 6.21. The third-order valence-electron chi connectivity index (χ3n) is 2.61. The van der Waals surface area contributed by atoms with Gasteiger partial charge in [0.25, 0.3) is 0 Å². The summed E-state index contributed by atoms with van der Waals surface area (Å²) in [6, 6.07) is 2.10. The number of hydrogen-bond acceptors (Lipinski definition) is 4. The number of nitrogens with zero attached hydrogens (tertiary/aromatic N) is 2. The Kier molecular flexibility index (Phi) is 5.68. The van der Waals surface area contributed by atoms with E-state index in [1.165, 1.54) is 0 Å². The molecule has 0 aliphatic rings. The van der Waals surface area contributed by atoms with Crippen molar-refractivity contribution in [2.75, 3.05) is 32.9 Å². The van der Waals surface area contributed by atoms with Gasteiger partial charge in [-0.2, -0.15) is 0 Å². The van der Waals surface area contributed by atoms with Gasteiger partial charge in [-0.1, -0.05) is 18.5 Å². The number of aromatic nitrogens is 1. The minimum atomic E-state index is 0.202. The number of pyridine rings is 1. The molecule has 0 bridgehead atoms. The molecule has 1 unspecified atom stereocenters. The Balaban J connectivity index is 2.84. The summed E-state index contributed by atoms with van der Waals surface area (Å²) in [5.41, 5.74) is 6.89. The molecule has 1 heterocycles. The highest BCUT2D eigenvalue weighted by Crippen LogP contribution is 2.24. The fraction of sp³-hybridized carbons (Fsp3) is 0.583. The van der Waals surface area contributed by atoms with Crippen molar-refractivity contribution in [2.24, 2.45) is 0 Å². The van der Waals surface area contributed by atoms with Crippen LogP contribution in [0.5, 0.6) is 0 Å². The summed E-state index contributed by atoms with van der Waals surface area (Å²) in [7, 11) is 4.12. The topological polar surface area (TPSA) is 54.2 Å². The molecule has 0 fully saturated rings. The quantitative estimate of drug-likeness (QED) is 0.817. The molecular weight excluding hydrogens is 236 g/mol. The van der Waals surface area contributed by atoms with Gasteiger partial charge in [0.15, 0.2) is 0 Å². The number of halogens is 1. The summed E-state index contributed by atoms with van der Waals surface area (Å²) in [4.78, 5) is 6.25. The molecule has 17 heavy (non-hydrogen) atoms. The van der Waals surface area contributed by atoms with Crippen LogP contribution in [0.2, 0.25) is 5.02 Å². The Morgan fingerprint density at radius 3 is 2.82 bits per heavy atom. The van der Waals surface area contributed by atoms with Crippen LogP contribution < -0.4 is 11.1 Å². The maximum Gasteiger partial charge on any atom is 0.128 e. The number of rotatable bonds is 6. The van der Waals surface area contributed by atoms with Crippen LogP contribution in [-0.4, -0.2) is 37.1 Å². The van der Waals surface area contributed by atoms with Gasteiger partial charge in [0, 0.05) is 17.8 Å². The number of nitrogen functional groups attached to an aromatic ring is 1. The lowest BCUT2D eigenvalue weighted by Crippen LogP contribution is -2.26. The molecule has 3 N–H and O–H groups in total. The first-order valence-electron chi connectivity index (χ1n) is 5.83. The molecule has 1 aromatic rings. The van der Waals surface area contributed by atoms with Crippen LogP contribution in [-0.2, 0) is 0 Å². The predicted molar refractivity (Wildman–Crippen MR) is 73.2 cm³/mol. The minimum absolute atomic E-state index is 0.202. The highest BCUT2D eigenvalue weighted by molar-refractivity contribution is 6.30. The Labute approximate surface area is 108 Å². The second-order valence-electron chi connectivity index (χ2n) is 4.33. The molecule has 1 aromatic heterocycles. The molecule has 0 saturated heterocycles. The summed E-state index contributed by atoms with van der Waals surface area (Å²) in [5, 5.41) is 4.04. The Morgan fingerprint density at radius 1 is 1.53 bits per heavy atom. The molecular formula is C12H21ClN4. The summed E-state index contributed by atoms with van der Waals surface area (Å²) < 4.78 is 0. The van der Waals surface area contributed by atoms with Crippen molar-refractivity contribution in [1.82, 2.24) is 15.2 Å². The van der Waals surface area contributed by atoms with Gasteiger partial charge in [0.1, 0.15) is 5.82 Å². The van der Waals surface area contributed by atoms with Gasteiger partial charge in [-0.25, -0.2) is 4.98 Å². The fourth-order valence-corrected chi connectivity index (χ4v) is 1.91. The molecule has 1 rings (SSSR count). The zero-order valence-corrected chi connectivity index (χ0v) is 11.5. The number of nitrogens with one attached hydrogen (secondary N) is 1. The van der Waals surface area contributed by atoms with Crippen molar-refractivity contribution in [1.29, 1.82) is 0 Å². The van der Waals surface area contributed by atoms with E-state index in [0.717, 1.165) is 25.1 Å². The zero-order valence-electron chi connectivity index (χ0n) is 10.7. The van der Waals surface area contributed by atoms with Gasteiger partial charge >= 0.3 is 0 Å². The van der Waals surface area contributed by atoms with Crippen LogP contribution >= 0.6 is 11.6 Å². The number of anilines is 1. The zero-order chi connectivity index (χ0) is 12.8. The predicted octanol–water partition coefficient (Wildman–Crippen LogP) is 1.92. The molecule has 0 amide bonds. The second kappa shape index (κ2) is 6.79. The normalized spacial score (nSPS) is 13.0. The first kappa shape index (κ1) is 14.2. The molecule has 0 aliphatic carbocycles. The molecule has 0 aromatic carbocycles. The standard InChI is InChI=1S/C12H21ClN4/c1-4-15-11(5-6-17(2)3)10-7-9(13)8-16-12(10)14/h7-8,11,15H,4-6H2,1-3H3,(H2,14,16). The third-order valence-corrected chi connectivity index (χ3v) is 2.81. The van der Waals surface area contributed by atoms with Crippen LogP contribution in [0.25, 0.3) is 0 Å². The van der Waals surface area contributed by atoms with Gasteiger partial charge < -0.3 is 16.0 Å². The minimum Gasteiger partial charge on any atom is -0.383 e. The van der Waals surface area contributed by atoms with E-state index in [0.29, 0.717) is 10.8 Å². The lowest BCUT2D eigenvalue weighted by molar-refractivity contribution is 0.363. The molecule has 0 radical (unpaired) electrons. The lowest BCUT2D eigenvalue weighted by atomic mass is 10.0. The van der Waals surface area contributed by atoms with Crippen molar-refractivity contribution in [3.8, 4) is 0 Å². The SMILES string of the molecule is CCNC(CCN(C)C)c1cc(Cl)cnc1N. The molecule has 5 heteroatoms. The van der Waals surface area contributed by atoms with Crippen molar-refractivity contribution in [3.05, 3.63) is 22.8 Å². The summed E-state index contributed by atoms with van der Waals surface area (Å²) in [5.74, 6) is 0.555. The van der Waals surface area contributed by atoms with Gasteiger partial charge in [0.05, 0.1) is 5.02 Å². The molecule has 0 saturated carbocycles. The second-order valence-corrected chi connectivity index (χ2v) is 4.77. The van der Waals surface area contributed by atoms with Crippen LogP contribution in [0.15, 0.2) is 12.3 Å². The first-order chi connectivity index (χ1) is 8.04. The van der Waals surface area contributed by atoms with E-state index in [1.807, 2.05) is 6.07 Å². The van der Waals surface area contributed by atoms with E-state index >= 15 is 0 Å². The number of nitrogens with two attached hydrogens (primary N) is 1. The average molecular weight is 257 g/mol. The highest BCUT2D eigenvalue weighted by atomic mass is 35.5. The largest absolute Gasteiger partial charge is 0.383 e. The molecule has 0 aliphatic heterocycles. The molecule has 1 atom stereocenters. The van der Waals surface area contributed by atoms with Crippen LogP contribution in [0.3, 0.4) is 0 Å². The number of hydrogen-bond donors (Lipinski definition) is 2. The van der Waals surface area contributed by atoms with Crippen LogP contribution in [0.1, 0.15) is 24.9 Å². The van der Waals surface area contributed by atoms with E-state index in [4.69, 9.17) is 17.3 Å². The molecule has 96 valence electrons. The lowest BCUT2D eigenvalue weighted by Gasteiger charge is -2.21. The summed E-state index contributed by atoms with van der Waals surface area (Å²) in [6.45, 7) is 3.96. The van der Waals surface area contributed by atoms with E-state index in [9.17, 15) is 0 Å². The third kappa shape index (κ3) is 4.50. The fourth-order valence-electron chi connectivity index (χ4n) is 1.75. The van der Waals surface area contributed by atoms with E-state index in [1.54, 1.807) is 6.20 Å². The van der Waals surface area contributed by atoms with Crippen molar-refractivity contribution < 1.29 is 0 Å². The maximum absolute atomic E-state index is 5.97. The van der Waals surface area contributed by atoms with E-state index < -0.39 is 0 Å². The van der Waals surface area contributed by atoms with E-state index in [2.05, 4.69) is 36.2 Å². The van der Waals surface area contributed by atoms with Gasteiger partial charge in [-0.05, 0) is 39.7 Å². The smallest absolute Gasteiger partial charge is 0.128 e. The Morgan fingerprint density at radius 2 is 2.24 bits per heavy atom. The maximum atomic E-state index is 5.97. The highest BCUT2D eigenvalue weighted by Gasteiger charge is 2.14. The van der Waals surface area contributed by atoms with Crippen molar-refractivity contribution in [2.45, 2.75) is 19.4 Å². The molecule has 0 spiro atoms. The van der Waals surface area contributed by atoms with Crippen molar-refractivity contribution in [3.63, 3.8) is 0 Å². The monoisotopic (exact) mass is 256 g/mol. The average Bonchev–Trinajstić information content (AvgIpc) is 2.27. The Hall–Kier alpha value is -0.840. The van der Waals surface area contributed by atoms with Crippen LogP contribution in [0.4, 0.5) is 5.82 Å². The van der Waals surface area contributed by atoms with Gasteiger partial charge in [-0.3, -0.25) is 0 Å².